The molecule has 0 amide bonds. The highest BCUT2D eigenvalue weighted by molar-refractivity contribution is 5.45. The maximum Gasteiger partial charge on any atom is 0.153 e. The third-order valence-electron chi connectivity index (χ3n) is 3.46. The van der Waals surface area contributed by atoms with Gasteiger partial charge in [-0.15, -0.1) is 5.10 Å². The van der Waals surface area contributed by atoms with Crippen LogP contribution in [0.2, 0.25) is 0 Å². The first-order chi connectivity index (χ1) is 8.83. The molecule has 1 aliphatic heterocycles. The van der Waals surface area contributed by atoms with E-state index in [0.717, 1.165) is 36.7 Å². The van der Waals surface area contributed by atoms with Crippen molar-refractivity contribution in [2.45, 2.75) is 32.2 Å². The van der Waals surface area contributed by atoms with E-state index in [0.29, 0.717) is 6.04 Å². The second kappa shape index (κ2) is 4.94. The van der Waals surface area contributed by atoms with Gasteiger partial charge in [0, 0.05) is 6.04 Å². The Hall–Kier alpha value is -1.62. The Morgan fingerprint density at radius 3 is 3.22 bits per heavy atom. The number of aromatic nitrogens is 3. The third-order valence-corrected chi connectivity index (χ3v) is 3.46. The fourth-order valence-electron chi connectivity index (χ4n) is 2.44. The first kappa shape index (κ1) is 11.5. The minimum atomic E-state index is 0.522. The van der Waals surface area contributed by atoms with Gasteiger partial charge < -0.3 is 10.6 Å². The standard InChI is InChI=1S/C13H19N5/c1-10-9-15-13-5-4-12(17-18(10)13)16-11-3-2-7-14-8-6-11/h4-5,9,11,14H,2-3,6-8H2,1H3,(H,16,17). The van der Waals surface area contributed by atoms with E-state index in [-0.39, 0.29) is 0 Å². The summed E-state index contributed by atoms with van der Waals surface area (Å²) in [6.45, 7) is 4.24. The molecule has 0 aromatic carbocycles. The monoisotopic (exact) mass is 245 g/mol. The summed E-state index contributed by atoms with van der Waals surface area (Å²) in [7, 11) is 0. The smallest absolute Gasteiger partial charge is 0.153 e. The number of nitrogens with one attached hydrogen (secondary N) is 2. The summed E-state index contributed by atoms with van der Waals surface area (Å²) < 4.78 is 1.89. The molecule has 1 aliphatic rings. The molecule has 2 N–H and O–H groups in total. The van der Waals surface area contributed by atoms with Crippen LogP contribution in [-0.4, -0.2) is 33.7 Å². The van der Waals surface area contributed by atoms with Gasteiger partial charge >= 0.3 is 0 Å². The van der Waals surface area contributed by atoms with Gasteiger partial charge in [-0.1, -0.05) is 0 Å². The summed E-state index contributed by atoms with van der Waals surface area (Å²) in [5.41, 5.74) is 1.97. The minimum Gasteiger partial charge on any atom is -0.366 e. The topological polar surface area (TPSA) is 54.2 Å². The van der Waals surface area contributed by atoms with Crippen molar-refractivity contribution in [3.8, 4) is 0 Å². The number of fused-ring (bicyclic) bond motifs is 1. The van der Waals surface area contributed by atoms with Crippen LogP contribution in [0.1, 0.15) is 25.0 Å². The number of imidazole rings is 1. The third kappa shape index (κ3) is 2.31. The number of nitrogens with zero attached hydrogens (tertiary/aromatic N) is 3. The Morgan fingerprint density at radius 2 is 2.28 bits per heavy atom. The Bertz CT molecular complexity index is 525. The lowest BCUT2D eigenvalue weighted by molar-refractivity contribution is 0.632. The lowest BCUT2D eigenvalue weighted by atomic mass is 10.1. The number of hydrogen-bond acceptors (Lipinski definition) is 4. The molecule has 0 saturated carbocycles. The van der Waals surface area contributed by atoms with Crippen LogP contribution in [0, 0.1) is 6.92 Å². The van der Waals surface area contributed by atoms with Crippen molar-refractivity contribution in [2.75, 3.05) is 18.4 Å². The Balaban J connectivity index is 1.78. The molecule has 96 valence electrons. The summed E-state index contributed by atoms with van der Waals surface area (Å²) in [6, 6.07) is 4.55. The molecule has 5 heteroatoms. The van der Waals surface area contributed by atoms with E-state index >= 15 is 0 Å². The van der Waals surface area contributed by atoms with E-state index in [1.165, 1.54) is 12.8 Å². The van der Waals surface area contributed by atoms with Crippen molar-refractivity contribution in [3.05, 3.63) is 24.0 Å². The fourth-order valence-corrected chi connectivity index (χ4v) is 2.44. The summed E-state index contributed by atoms with van der Waals surface area (Å²) in [5, 5.41) is 11.5. The van der Waals surface area contributed by atoms with Gasteiger partial charge in [0.1, 0.15) is 5.82 Å². The molecule has 1 saturated heterocycles. The highest BCUT2D eigenvalue weighted by Gasteiger charge is 2.12. The van der Waals surface area contributed by atoms with E-state index in [1.807, 2.05) is 29.8 Å². The average Bonchev–Trinajstić information content (AvgIpc) is 2.61. The molecule has 1 unspecified atom stereocenters. The first-order valence-electron chi connectivity index (χ1n) is 6.61. The average molecular weight is 245 g/mol. The molecule has 0 aliphatic carbocycles. The number of anilines is 1. The van der Waals surface area contributed by atoms with Crippen LogP contribution in [-0.2, 0) is 0 Å². The normalized spacial score (nSPS) is 20.8. The summed E-state index contributed by atoms with van der Waals surface area (Å²) in [6.07, 6.45) is 5.43. The van der Waals surface area contributed by atoms with Gasteiger partial charge in [-0.25, -0.2) is 9.50 Å². The molecule has 0 bridgehead atoms. The van der Waals surface area contributed by atoms with E-state index in [4.69, 9.17) is 0 Å². The van der Waals surface area contributed by atoms with E-state index < -0.39 is 0 Å². The zero-order valence-corrected chi connectivity index (χ0v) is 10.7. The number of rotatable bonds is 2. The lowest BCUT2D eigenvalue weighted by Crippen LogP contribution is -2.22. The quantitative estimate of drug-likeness (QED) is 0.843. The molecule has 1 fully saturated rings. The van der Waals surface area contributed by atoms with Gasteiger partial charge in [-0.3, -0.25) is 0 Å². The Labute approximate surface area is 107 Å². The highest BCUT2D eigenvalue weighted by Crippen LogP contribution is 2.13. The maximum absolute atomic E-state index is 4.58. The van der Waals surface area contributed by atoms with Crippen LogP contribution >= 0.6 is 0 Å². The lowest BCUT2D eigenvalue weighted by Gasteiger charge is -2.16. The predicted molar refractivity (Wildman–Crippen MR) is 71.9 cm³/mol. The Kier molecular flexibility index (Phi) is 3.15. The predicted octanol–water partition coefficient (Wildman–Crippen LogP) is 1.59. The number of aryl methyl sites for hydroxylation is 1. The van der Waals surface area contributed by atoms with E-state index in [2.05, 4.69) is 20.7 Å². The molecule has 2 aromatic heterocycles. The second-order valence-corrected chi connectivity index (χ2v) is 4.91. The van der Waals surface area contributed by atoms with Crippen molar-refractivity contribution in [1.82, 2.24) is 19.9 Å². The molecular weight excluding hydrogens is 226 g/mol. The molecular formula is C13H19N5. The SMILES string of the molecule is Cc1cnc2ccc(NC3CCCNCC3)nn12. The van der Waals surface area contributed by atoms with Gasteiger partial charge in [0.15, 0.2) is 5.65 Å². The van der Waals surface area contributed by atoms with Crippen LogP contribution in [0.5, 0.6) is 0 Å². The van der Waals surface area contributed by atoms with Crippen LogP contribution < -0.4 is 10.6 Å². The van der Waals surface area contributed by atoms with Crippen LogP contribution in [0.4, 0.5) is 5.82 Å². The van der Waals surface area contributed by atoms with Crippen molar-refractivity contribution in [3.63, 3.8) is 0 Å². The van der Waals surface area contributed by atoms with E-state index in [1.54, 1.807) is 0 Å². The Morgan fingerprint density at radius 1 is 1.33 bits per heavy atom. The van der Waals surface area contributed by atoms with Gasteiger partial charge in [-0.2, -0.15) is 0 Å². The summed E-state index contributed by atoms with van der Waals surface area (Å²) in [4.78, 5) is 4.28. The van der Waals surface area contributed by atoms with Crippen molar-refractivity contribution in [2.24, 2.45) is 0 Å². The molecule has 3 rings (SSSR count). The maximum atomic E-state index is 4.58. The van der Waals surface area contributed by atoms with Crippen LogP contribution in [0.25, 0.3) is 5.65 Å². The highest BCUT2D eigenvalue weighted by atomic mass is 15.3. The molecule has 1 atom stereocenters. The van der Waals surface area contributed by atoms with Gasteiger partial charge in [-0.05, 0) is 51.4 Å². The van der Waals surface area contributed by atoms with Crippen molar-refractivity contribution < 1.29 is 0 Å². The zero-order valence-electron chi connectivity index (χ0n) is 10.7. The van der Waals surface area contributed by atoms with Gasteiger partial charge in [0.25, 0.3) is 0 Å². The molecule has 5 nitrogen and oxygen atoms in total. The summed E-state index contributed by atoms with van der Waals surface area (Å²) >= 11 is 0. The first-order valence-corrected chi connectivity index (χ1v) is 6.61. The number of hydrogen-bond donors (Lipinski definition) is 2. The van der Waals surface area contributed by atoms with Crippen LogP contribution in [0.15, 0.2) is 18.3 Å². The van der Waals surface area contributed by atoms with E-state index in [9.17, 15) is 0 Å². The van der Waals surface area contributed by atoms with Gasteiger partial charge in [0.2, 0.25) is 0 Å². The van der Waals surface area contributed by atoms with Crippen molar-refractivity contribution >= 4 is 11.5 Å². The molecule has 0 spiro atoms. The largest absolute Gasteiger partial charge is 0.366 e. The second-order valence-electron chi connectivity index (χ2n) is 4.91. The fraction of sp³-hybridized carbons (Fsp3) is 0.538. The molecule has 2 aromatic rings. The van der Waals surface area contributed by atoms with Crippen LogP contribution in [0.3, 0.4) is 0 Å². The van der Waals surface area contributed by atoms with Crippen molar-refractivity contribution in [1.29, 1.82) is 0 Å². The molecule has 3 heterocycles. The zero-order chi connectivity index (χ0) is 12.4. The summed E-state index contributed by atoms with van der Waals surface area (Å²) in [5.74, 6) is 0.940. The molecule has 0 radical (unpaired) electrons. The van der Waals surface area contributed by atoms with Gasteiger partial charge in [0.05, 0.1) is 11.9 Å². The molecule has 18 heavy (non-hydrogen) atoms. The minimum absolute atomic E-state index is 0.522.